The number of benzene rings is 1. The van der Waals surface area contributed by atoms with E-state index in [1.807, 2.05) is 0 Å². The molecule has 1 aliphatic rings. The van der Waals surface area contributed by atoms with E-state index in [0.29, 0.717) is 23.5 Å². The van der Waals surface area contributed by atoms with E-state index in [0.717, 1.165) is 6.42 Å². The Morgan fingerprint density at radius 1 is 0.950 bits per heavy atom. The molecule has 4 nitrogen and oxygen atoms in total. The molecule has 0 saturated heterocycles. The molecular weight excluding hydrogens is 254 g/mol. The summed E-state index contributed by atoms with van der Waals surface area (Å²) in [5.41, 5.74) is 0.845. The fraction of sp³-hybridized carbons (Fsp3) is 0.500. The summed E-state index contributed by atoms with van der Waals surface area (Å²) in [6.45, 7) is 2.86. The average Bonchev–Trinajstić information content (AvgIpc) is 2.73. The molecule has 0 radical (unpaired) electrons. The predicted molar refractivity (Wildman–Crippen MR) is 77.1 cm³/mol. The quantitative estimate of drug-likeness (QED) is 0.585. The molecule has 1 aliphatic heterocycles. The first-order chi connectivity index (χ1) is 9.72. The van der Waals surface area contributed by atoms with Crippen LogP contribution in [0.15, 0.2) is 18.2 Å². The lowest BCUT2D eigenvalue weighted by molar-refractivity contribution is 0.0879. The SMILES string of the molecule is CCCCCCCCOc1ccc2c(c1)C(=O)NC2=O. The zero-order chi connectivity index (χ0) is 14.4. The van der Waals surface area contributed by atoms with Crippen molar-refractivity contribution in [1.29, 1.82) is 0 Å². The van der Waals surface area contributed by atoms with Crippen molar-refractivity contribution in [2.75, 3.05) is 6.61 Å². The Labute approximate surface area is 119 Å². The number of unbranched alkanes of at least 4 members (excludes halogenated alkanes) is 5. The number of carbonyl (C=O) groups is 2. The van der Waals surface area contributed by atoms with E-state index in [4.69, 9.17) is 4.74 Å². The highest BCUT2D eigenvalue weighted by Gasteiger charge is 2.26. The van der Waals surface area contributed by atoms with Gasteiger partial charge in [0.25, 0.3) is 11.8 Å². The van der Waals surface area contributed by atoms with Crippen molar-refractivity contribution in [3.63, 3.8) is 0 Å². The standard InChI is InChI=1S/C16H21NO3/c1-2-3-4-5-6-7-10-20-12-8-9-13-14(11-12)16(19)17-15(13)18/h8-9,11H,2-7,10H2,1H3,(H,17,18,19). The van der Waals surface area contributed by atoms with Gasteiger partial charge in [0.05, 0.1) is 17.7 Å². The molecule has 1 aromatic carbocycles. The molecule has 20 heavy (non-hydrogen) atoms. The van der Waals surface area contributed by atoms with Crippen LogP contribution in [0.4, 0.5) is 0 Å². The van der Waals surface area contributed by atoms with E-state index in [-0.39, 0.29) is 11.8 Å². The molecule has 0 aliphatic carbocycles. The van der Waals surface area contributed by atoms with E-state index in [1.165, 1.54) is 32.1 Å². The molecule has 2 amide bonds. The fourth-order valence-corrected chi connectivity index (χ4v) is 2.31. The monoisotopic (exact) mass is 275 g/mol. The van der Waals surface area contributed by atoms with Gasteiger partial charge in [-0.3, -0.25) is 14.9 Å². The van der Waals surface area contributed by atoms with Gasteiger partial charge in [-0.15, -0.1) is 0 Å². The van der Waals surface area contributed by atoms with Crippen molar-refractivity contribution in [2.45, 2.75) is 45.4 Å². The van der Waals surface area contributed by atoms with E-state index >= 15 is 0 Å². The van der Waals surface area contributed by atoms with Gasteiger partial charge in [-0.1, -0.05) is 39.0 Å². The Hall–Kier alpha value is -1.84. The van der Waals surface area contributed by atoms with Crippen LogP contribution in [0.5, 0.6) is 5.75 Å². The van der Waals surface area contributed by atoms with Gasteiger partial charge in [-0.05, 0) is 24.6 Å². The molecule has 0 atom stereocenters. The second-order valence-corrected chi connectivity index (χ2v) is 5.11. The van der Waals surface area contributed by atoms with Crippen LogP contribution in [0.3, 0.4) is 0 Å². The first-order valence-corrected chi connectivity index (χ1v) is 7.35. The summed E-state index contributed by atoms with van der Waals surface area (Å²) in [5.74, 6) is -0.00959. The summed E-state index contributed by atoms with van der Waals surface area (Å²) in [7, 11) is 0. The van der Waals surface area contributed by atoms with E-state index in [1.54, 1.807) is 18.2 Å². The maximum Gasteiger partial charge on any atom is 0.259 e. The highest BCUT2D eigenvalue weighted by Crippen LogP contribution is 2.22. The molecule has 0 saturated carbocycles. The number of fused-ring (bicyclic) bond motifs is 1. The number of imide groups is 1. The highest BCUT2D eigenvalue weighted by atomic mass is 16.5. The zero-order valence-electron chi connectivity index (χ0n) is 11.9. The number of ether oxygens (including phenoxy) is 1. The van der Waals surface area contributed by atoms with E-state index < -0.39 is 0 Å². The Morgan fingerprint density at radius 3 is 2.45 bits per heavy atom. The summed E-state index contributed by atoms with van der Waals surface area (Å²) in [6, 6.07) is 5.03. The van der Waals surface area contributed by atoms with Crippen LogP contribution in [-0.2, 0) is 0 Å². The minimum atomic E-state index is -0.338. The molecule has 108 valence electrons. The summed E-state index contributed by atoms with van der Waals surface area (Å²) in [5, 5.41) is 2.27. The highest BCUT2D eigenvalue weighted by molar-refractivity contribution is 6.21. The van der Waals surface area contributed by atoms with Crippen LogP contribution < -0.4 is 10.1 Å². The van der Waals surface area contributed by atoms with Crippen LogP contribution >= 0.6 is 0 Å². The number of amides is 2. The molecular formula is C16H21NO3. The lowest BCUT2D eigenvalue weighted by Crippen LogP contribution is -2.19. The van der Waals surface area contributed by atoms with Crippen molar-refractivity contribution < 1.29 is 14.3 Å². The second-order valence-electron chi connectivity index (χ2n) is 5.11. The Kier molecular flexibility index (Phi) is 5.16. The number of rotatable bonds is 8. The number of hydrogen-bond donors (Lipinski definition) is 1. The molecule has 0 fully saturated rings. The van der Waals surface area contributed by atoms with Crippen molar-refractivity contribution >= 4 is 11.8 Å². The smallest absolute Gasteiger partial charge is 0.259 e. The number of carbonyl (C=O) groups excluding carboxylic acids is 2. The van der Waals surface area contributed by atoms with Crippen molar-refractivity contribution in [3.8, 4) is 5.75 Å². The molecule has 4 heteroatoms. The minimum Gasteiger partial charge on any atom is -0.494 e. The average molecular weight is 275 g/mol. The van der Waals surface area contributed by atoms with Crippen LogP contribution in [0, 0.1) is 0 Å². The Bertz CT molecular complexity index is 496. The first kappa shape index (κ1) is 14.6. The van der Waals surface area contributed by atoms with Gasteiger partial charge in [0.2, 0.25) is 0 Å². The van der Waals surface area contributed by atoms with Crippen molar-refractivity contribution in [2.24, 2.45) is 0 Å². The maximum atomic E-state index is 11.5. The normalized spacial score (nSPS) is 13.2. The summed E-state index contributed by atoms with van der Waals surface area (Å²) < 4.78 is 5.63. The number of hydrogen-bond acceptors (Lipinski definition) is 3. The van der Waals surface area contributed by atoms with Crippen LogP contribution in [0.2, 0.25) is 0 Å². The van der Waals surface area contributed by atoms with Crippen molar-refractivity contribution in [1.82, 2.24) is 5.32 Å². The molecule has 2 rings (SSSR count). The van der Waals surface area contributed by atoms with Gasteiger partial charge < -0.3 is 4.74 Å². The van der Waals surface area contributed by atoms with Crippen LogP contribution in [0.1, 0.15) is 66.2 Å². The van der Waals surface area contributed by atoms with Crippen LogP contribution in [-0.4, -0.2) is 18.4 Å². The van der Waals surface area contributed by atoms with Gasteiger partial charge in [-0.2, -0.15) is 0 Å². The summed E-state index contributed by atoms with van der Waals surface area (Å²) in [4.78, 5) is 22.9. The molecule has 1 N–H and O–H groups in total. The molecule has 1 heterocycles. The summed E-state index contributed by atoms with van der Waals surface area (Å²) >= 11 is 0. The molecule has 0 unspecified atom stereocenters. The molecule has 0 aromatic heterocycles. The van der Waals surface area contributed by atoms with Crippen molar-refractivity contribution in [3.05, 3.63) is 29.3 Å². The third kappa shape index (κ3) is 3.59. The lowest BCUT2D eigenvalue weighted by atomic mass is 10.1. The third-order valence-electron chi connectivity index (χ3n) is 3.47. The van der Waals surface area contributed by atoms with Gasteiger partial charge in [0.15, 0.2) is 0 Å². The first-order valence-electron chi connectivity index (χ1n) is 7.35. The Morgan fingerprint density at radius 2 is 1.65 bits per heavy atom. The van der Waals surface area contributed by atoms with Gasteiger partial charge in [0, 0.05) is 0 Å². The lowest BCUT2D eigenvalue weighted by Gasteiger charge is -2.07. The summed E-state index contributed by atoms with van der Waals surface area (Å²) in [6.07, 6.45) is 7.28. The van der Waals surface area contributed by atoms with E-state index in [9.17, 15) is 9.59 Å². The van der Waals surface area contributed by atoms with Gasteiger partial charge in [-0.25, -0.2) is 0 Å². The molecule has 1 aromatic rings. The minimum absolute atomic E-state index is 0.326. The van der Waals surface area contributed by atoms with Gasteiger partial charge >= 0.3 is 0 Å². The fourth-order valence-electron chi connectivity index (χ4n) is 2.31. The molecule has 0 bridgehead atoms. The van der Waals surface area contributed by atoms with Gasteiger partial charge in [0.1, 0.15) is 5.75 Å². The topological polar surface area (TPSA) is 55.4 Å². The largest absolute Gasteiger partial charge is 0.494 e. The number of nitrogens with one attached hydrogen (secondary N) is 1. The Balaban J connectivity index is 1.76. The maximum absolute atomic E-state index is 11.5. The molecule has 0 spiro atoms. The third-order valence-corrected chi connectivity index (χ3v) is 3.47. The zero-order valence-corrected chi connectivity index (χ0v) is 11.9. The van der Waals surface area contributed by atoms with E-state index in [2.05, 4.69) is 12.2 Å². The van der Waals surface area contributed by atoms with Crippen LogP contribution in [0.25, 0.3) is 0 Å². The predicted octanol–water partition coefficient (Wildman–Crippen LogP) is 3.31. The second kappa shape index (κ2) is 7.08.